The van der Waals surface area contributed by atoms with Gasteiger partial charge in [0.25, 0.3) is 0 Å². The summed E-state index contributed by atoms with van der Waals surface area (Å²) in [6.07, 6.45) is -0.138. The molecule has 0 aliphatic heterocycles. The number of ketones is 1. The van der Waals surface area contributed by atoms with Crippen molar-refractivity contribution in [3.8, 4) is 0 Å². The largest absolute Gasteiger partial charge is 0.460 e. The van der Waals surface area contributed by atoms with Gasteiger partial charge in [-0.05, 0) is 39.3 Å². The highest BCUT2D eigenvalue weighted by Crippen LogP contribution is 2.14. The summed E-state index contributed by atoms with van der Waals surface area (Å²) >= 11 is 0. The van der Waals surface area contributed by atoms with Gasteiger partial charge in [-0.25, -0.2) is 4.39 Å². The molecule has 0 aliphatic carbocycles. The summed E-state index contributed by atoms with van der Waals surface area (Å²) in [5.74, 6) is -1.26. The molecule has 98 valence electrons. The van der Waals surface area contributed by atoms with Gasteiger partial charge < -0.3 is 4.74 Å². The topological polar surface area (TPSA) is 43.4 Å². The van der Waals surface area contributed by atoms with Crippen molar-refractivity contribution in [2.24, 2.45) is 0 Å². The average molecular weight is 252 g/mol. The van der Waals surface area contributed by atoms with E-state index in [1.54, 1.807) is 20.8 Å². The van der Waals surface area contributed by atoms with E-state index in [0.29, 0.717) is 5.56 Å². The van der Waals surface area contributed by atoms with E-state index in [1.807, 2.05) is 0 Å². The molecule has 0 aliphatic rings. The Labute approximate surface area is 106 Å². The molecule has 1 aromatic rings. The number of esters is 1. The van der Waals surface area contributed by atoms with Crippen LogP contribution in [0, 0.1) is 5.82 Å². The number of halogens is 1. The zero-order valence-electron chi connectivity index (χ0n) is 11.0. The predicted molar refractivity (Wildman–Crippen MR) is 66.0 cm³/mol. The molecule has 0 unspecified atom stereocenters. The fourth-order valence-corrected chi connectivity index (χ4v) is 1.44. The van der Waals surface area contributed by atoms with E-state index in [0.717, 1.165) is 6.07 Å². The van der Waals surface area contributed by atoms with Gasteiger partial charge in [0, 0.05) is 5.56 Å². The van der Waals surface area contributed by atoms with Crippen LogP contribution in [-0.4, -0.2) is 17.4 Å². The van der Waals surface area contributed by atoms with Crippen LogP contribution in [0.25, 0.3) is 0 Å². The van der Waals surface area contributed by atoms with Crippen molar-refractivity contribution in [1.82, 2.24) is 0 Å². The summed E-state index contributed by atoms with van der Waals surface area (Å²) < 4.78 is 18.7. The van der Waals surface area contributed by atoms with Crippen LogP contribution in [0.2, 0.25) is 0 Å². The molecular weight excluding hydrogens is 235 g/mol. The van der Waals surface area contributed by atoms with E-state index in [9.17, 15) is 14.0 Å². The summed E-state index contributed by atoms with van der Waals surface area (Å²) in [5.41, 5.74) is -0.0675. The van der Waals surface area contributed by atoms with Gasteiger partial charge in [0.05, 0.1) is 6.42 Å². The van der Waals surface area contributed by atoms with Gasteiger partial charge in [0.15, 0.2) is 5.78 Å². The Balaban J connectivity index is 2.80. The monoisotopic (exact) mass is 252 g/mol. The predicted octanol–water partition coefficient (Wildman–Crippen LogP) is 2.91. The second-order valence-corrected chi connectivity index (χ2v) is 5.13. The Kier molecular flexibility index (Phi) is 4.22. The highest BCUT2D eigenvalue weighted by atomic mass is 19.1. The van der Waals surface area contributed by atoms with Crippen molar-refractivity contribution >= 4 is 11.8 Å². The molecule has 0 amide bonds. The van der Waals surface area contributed by atoms with Crippen molar-refractivity contribution in [2.75, 3.05) is 0 Å². The van der Waals surface area contributed by atoms with Crippen molar-refractivity contribution in [3.63, 3.8) is 0 Å². The number of hydrogen-bond donors (Lipinski definition) is 0. The molecule has 1 aromatic carbocycles. The van der Waals surface area contributed by atoms with E-state index in [2.05, 4.69) is 0 Å². The van der Waals surface area contributed by atoms with Gasteiger partial charge in [-0.15, -0.1) is 0 Å². The van der Waals surface area contributed by atoms with Gasteiger partial charge in [0.2, 0.25) is 0 Å². The lowest BCUT2D eigenvalue weighted by atomic mass is 10.1. The maximum Gasteiger partial charge on any atom is 0.310 e. The normalized spacial score (nSPS) is 11.2. The number of ether oxygens (including phenoxy) is 1. The number of carbonyl (C=O) groups is 2. The first-order chi connectivity index (χ1) is 8.19. The third-order valence-electron chi connectivity index (χ3n) is 2.21. The first-order valence-corrected chi connectivity index (χ1v) is 5.70. The minimum Gasteiger partial charge on any atom is -0.460 e. The fourth-order valence-electron chi connectivity index (χ4n) is 1.44. The van der Waals surface area contributed by atoms with Crippen LogP contribution in [-0.2, 0) is 16.0 Å². The van der Waals surface area contributed by atoms with Crippen molar-refractivity contribution in [2.45, 2.75) is 39.7 Å². The number of rotatable bonds is 3. The molecule has 0 heterocycles. The quantitative estimate of drug-likeness (QED) is 0.613. The van der Waals surface area contributed by atoms with Gasteiger partial charge >= 0.3 is 5.97 Å². The number of hydrogen-bond acceptors (Lipinski definition) is 3. The Morgan fingerprint density at radius 2 is 1.89 bits per heavy atom. The third kappa shape index (κ3) is 4.28. The van der Waals surface area contributed by atoms with Gasteiger partial charge in [-0.2, -0.15) is 0 Å². The Morgan fingerprint density at radius 1 is 1.28 bits per heavy atom. The molecule has 0 saturated heterocycles. The molecule has 4 heteroatoms. The lowest BCUT2D eigenvalue weighted by molar-refractivity contribution is -0.153. The van der Waals surface area contributed by atoms with E-state index in [-0.39, 0.29) is 17.8 Å². The molecule has 0 fully saturated rings. The minimum atomic E-state index is -0.590. The van der Waals surface area contributed by atoms with Gasteiger partial charge in [0.1, 0.15) is 11.4 Å². The van der Waals surface area contributed by atoms with Crippen LogP contribution in [0.4, 0.5) is 4.39 Å². The highest BCUT2D eigenvalue weighted by Gasteiger charge is 2.18. The molecule has 1 rings (SSSR count). The lowest BCUT2D eigenvalue weighted by Gasteiger charge is -2.19. The Morgan fingerprint density at radius 3 is 2.33 bits per heavy atom. The SMILES string of the molecule is CC(=O)c1ccc(CC(=O)OC(C)(C)C)c(F)c1. The number of carbonyl (C=O) groups excluding carboxylic acids is 2. The summed E-state index contributed by atoms with van der Waals surface area (Å²) in [4.78, 5) is 22.6. The second kappa shape index (κ2) is 5.29. The zero-order chi connectivity index (χ0) is 13.9. The van der Waals surface area contributed by atoms with Gasteiger partial charge in [-0.3, -0.25) is 9.59 Å². The van der Waals surface area contributed by atoms with E-state index in [1.165, 1.54) is 19.1 Å². The zero-order valence-corrected chi connectivity index (χ0v) is 11.0. The van der Waals surface area contributed by atoms with Crippen molar-refractivity contribution in [1.29, 1.82) is 0 Å². The van der Waals surface area contributed by atoms with Crippen LogP contribution in [0.5, 0.6) is 0 Å². The summed E-state index contributed by atoms with van der Waals surface area (Å²) in [6, 6.07) is 4.09. The molecule has 0 radical (unpaired) electrons. The maximum atomic E-state index is 13.6. The summed E-state index contributed by atoms with van der Waals surface area (Å²) in [6.45, 7) is 6.61. The third-order valence-corrected chi connectivity index (χ3v) is 2.21. The van der Waals surface area contributed by atoms with Gasteiger partial charge in [-0.1, -0.05) is 12.1 Å². The smallest absolute Gasteiger partial charge is 0.310 e. The van der Waals surface area contributed by atoms with E-state index < -0.39 is 17.4 Å². The van der Waals surface area contributed by atoms with Crippen LogP contribution < -0.4 is 0 Å². The Bertz CT molecular complexity index is 472. The minimum absolute atomic E-state index is 0.138. The van der Waals surface area contributed by atoms with E-state index in [4.69, 9.17) is 4.74 Å². The molecule has 18 heavy (non-hydrogen) atoms. The molecule has 0 atom stereocenters. The summed E-state index contributed by atoms with van der Waals surface area (Å²) in [7, 11) is 0. The molecule has 0 N–H and O–H groups in total. The van der Waals surface area contributed by atoms with Crippen molar-refractivity contribution < 1.29 is 18.7 Å². The maximum absolute atomic E-state index is 13.6. The fraction of sp³-hybridized carbons (Fsp3) is 0.429. The van der Waals surface area contributed by atoms with Crippen LogP contribution in [0.1, 0.15) is 43.6 Å². The first kappa shape index (κ1) is 14.4. The molecule has 3 nitrogen and oxygen atoms in total. The molecular formula is C14H17FO3. The van der Waals surface area contributed by atoms with Crippen LogP contribution in [0.3, 0.4) is 0 Å². The molecule has 0 bridgehead atoms. The molecule has 0 spiro atoms. The lowest BCUT2D eigenvalue weighted by Crippen LogP contribution is -2.25. The Hall–Kier alpha value is -1.71. The average Bonchev–Trinajstić information content (AvgIpc) is 2.17. The standard InChI is InChI=1S/C14H17FO3/c1-9(16)10-5-6-11(12(15)7-10)8-13(17)18-14(2,3)4/h5-7H,8H2,1-4H3. The summed E-state index contributed by atoms with van der Waals surface area (Å²) in [5, 5.41) is 0. The first-order valence-electron chi connectivity index (χ1n) is 5.70. The highest BCUT2D eigenvalue weighted by molar-refractivity contribution is 5.94. The second-order valence-electron chi connectivity index (χ2n) is 5.13. The van der Waals surface area contributed by atoms with Crippen molar-refractivity contribution in [3.05, 3.63) is 35.1 Å². The van der Waals surface area contributed by atoms with Crippen LogP contribution in [0.15, 0.2) is 18.2 Å². The van der Waals surface area contributed by atoms with E-state index >= 15 is 0 Å². The number of benzene rings is 1. The molecule has 0 saturated carbocycles. The molecule has 0 aromatic heterocycles. The van der Waals surface area contributed by atoms with Crippen LogP contribution >= 0.6 is 0 Å². The number of Topliss-reactive ketones (excluding diaryl/α,β-unsaturated/α-hetero) is 1.